The van der Waals surface area contributed by atoms with E-state index >= 15 is 0 Å². The van der Waals surface area contributed by atoms with Crippen molar-refractivity contribution in [1.29, 1.82) is 0 Å². The Morgan fingerprint density at radius 1 is 1.15 bits per heavy atom. The fraction of sp³-hybridized carbons (Fsp3) is 0.586. The number of carbonyl (C=O) groups excluding carboxylic acids is 3. The Morgan fingerprint density at radius 2 is 1.85 bits per heavy atom. The Balaban J connectivity index is 1.61. The molecule has 0 spiro atoms. The summed E-state index contributed by atoms with van der Waals surface area (Å²) in [5.74, 6) is -0.816. The summed E-state index contributed by atoms with van der Waals surface area (Å²) in [5.41, 5.74) is 4.26. The summed E-state index contributed by atoms with van der Waals surface area (Å²) in [6.45, 7) is 8.03. The zero-order valence-corrected chi connectivity index (χ0v) is 25.7. The van der Waals surface area contributed by atoms with Crippen LogP contribution in [0.2, 0.25) is 0 Å². The first-order valence-corrected chi connectivity index (χ1v) is 15.6. The standard InChI is InChI=1S/C29H41BrN4O4S/c1-19-25(39-18-32-19)21-12-10-20(11-13-21)16-31-27(37)23-15-22(35)17-34(23)28(38)26(29(2,3)4)33-24(36)9-7-5-6-8-14-30/h10-13,18,22-23,26,35H,5-9,14-17H2,1-4H3,(H,31,37)(H,33,36)/t22-,23+,26-/m1/s1. The third-order valence-corrected chi connectivity index (χ3v) is 8.54. The molecule has 39 heavy (non-hydrogen) atoms. The first-order valence-electron chi connectivity index (χ1n) is 13.6. The van der Waals surface area contributed by atoms with Gasteiger partial charge in [0.2, 0.25) is 17.7 Å². The van der Waals surface area contributed by atoms with E-state index in [4.69, 9.17) is 0 Å². The Bertz CT molecular complexity index is 1120. The second-order valence-corrected chi connectivity index (χ2v) is 12.9. The molecule has 1 saturated heterocycles. The summed E-state index contributed by atoms with van der Waals surface area (Å²) in [5, 5.41) is 17.2. The fourth-order valence-corrected chi connectivity index (χ4v) is 5.96. The van der Waals surface area contributed by atoms with Crippen LogP contribution in [0.5, 0.6) is 0 Å². The second kappa shape index (κ2) is 14.4. The maximum absolute atomic E-state index is 13.7. The molecule has 0 unspecified atom stereocenters. The number of aliphatic hydroxyl groups is 1. The minimum absolute atomic E-state index is 0.0643. The van der Waals surface area contributed by atoms with Crippen molar-refractivity contribution in [1.82, 2.24) is 20.5 Å². The number of carbonyl (C=O) groups is 3. The molecule has 0 radical (unpaired) electrons. The van der Waals surface area contributed by atoms with Crippen molar-refractivity contribution in [3.8, 4) is 10.4 Å². The van der Waals surface area contributed by atoms with Crippen molar-refractivity contribution < 1.29 is 19.5 Å². The second-order valence-electron chi connectivity index (χ2n) is 11.3. The molecular formula is C29H41BrN4O4S. The van der Waals surface area contributed by atoms with Gasteiger partial charge in [0.05, 0.1) is 22.2 Å². The number of β-amino-alcohol motifs (C(OH)–C–C–N with tert-alkyl or cyclic N) is 1. The van der Waals surface area contributed by atoms with E-state index in [-0.39, 0.29) is 30.7 Å². The maximum atomic E-state index is 13.7. The van der Waals surface area contributed by atoms with Gasteiger partial charge in [0.15, 0.2) is 0 Å². The number of benzene rings is 1. The van der Waals surface area contributed by atoms with Gasteiger partial charge in [-0.05, 0) is 36.3 Å². The minimum Gasteiger partial charge on any atom is -0.391 e. The van der Waals surface area contributed by atoms with Crippen LogP contribution in [0.4, 0.5) is 0 Å². The highest BCUT2D eigenvalue weighted by Crippen LogP contribution is 2.28. The number of rotatable bonds is 12. The average molecular weight is 622 g/mol. The molecule has 1 aliphatic rings. The number of nitrogens with one attached hydrogen (secondary N) is 2. The van der Waals surface area contributed by atoms with Crippen LogP contribution in [0.25, 0.3) is 10.4 Å². The number of unbranched alkanes of at least 4 members (excludes halogenated alkanes) is 3. The third-order valence-electron chi connectivity index (χ3n) is 7.00. The number of hydrogen-bond acceptors (Lipinski definition) is 6. The van der Waals surface area contributed by atoms with Gasteiger partial charge in [0.1, 0.15) is 12.1 Å². The molecule has 1 fully saturated rings. The summed E-state index contributed by atoms with van der Waals surface area (Å²) < 4.78 is 0. The van der Waals surface area contributed by atoms with Gasteiger partial charge in [-0.3, -0.25) is 14.4 Å². The lowest BCUT2D eigenvalue weighted by molar-refractivity contribution is -0.144. The number of likely N-dealkylation sites (tertiary alicyclic amines) is 1. The number of alkyl halides is 1. The lowest BCUT2D eigenvalue weighted by atomic mass is 9.85. The van der Waals surface area contributed by atoms with Crippen molar-refractivity contribution in [3.05, 3.63) is 41.0 Å². The van der Waals surface area contributed by atoms with Gasteiger partial charge in [0.25, 0.3) is 0 Å². The van der Waals surface area contributed by atoms with Crippen LogP contribution in [0.3, 0.4) is 0 Å². The van der Waals surface area contributed by atoms with Gasteiger partial charge in [-0.1, -0.05) is 73.8 Å². The number of halogens is 1. The largest absolute Gasteiger partial charge is 0.391 e. The summed E-state index contributed by atoms with van der Waals surface area (Å²) in [6, 6.07) is 6.36. The molecule has 0 aliphatic carbocycles. The number of nitrogens with zero attached hydrogens (tertiary/aromatic N) is 2. The Morgan fingerprint density at radius 3 is 2.46 bits per heavy atom. The highest BCUT2D eigenvalue weighted by molar-refractivity contribution is 9.09. The van der Waals surface area contributed by atoms with E-state index in [2.05, 4.69) is 31.5 Å². The smallest absolute Gasteiger partial charge is 0.246 e. The van der Waals surface area contributed by atoms with Crippen molar-refractivity contribution in [2.45, 2.75) is 91.0 Å². The first-order chi connectivity index (χ1) is 18.5. The predicted octanol–water partition coefficient (Wildman–Crippen LogP) is 4.57. The van der Waals surface area contributed by atoms with Gasteiger partial charge < -0.3 is 20.6 Å². The Labute approximate surface area is 244 Å². The van der Waals surface area contributed by atoms with E-state index in [1.54, 1.807) is 11.3 Å². The molecule has 10 heteroatoms. The minimum atomic E-state index is -0.795. The number of amides is 3. The normalized spacial score (nSPS) is 18.2. The molecule has 3 N–H and O–H groups in total. The van der Waals surface area contributed by atoms with E-state index < -0.39 is 23.6 Å². The molecule has 1 aromatic heterocycles. The van der Waals surface area contributed by atoms with E-state index in [1.807, 2.05) is 57.5 Å². The van der Waals surface area contributed by atoms with Crippen LogP contribution in [-0.4, -0.2) is 62.8 Å². The molecule has 214 valence electrons. The lowest BCUT2D eigenvalue weighted by Crippen LogP contribution is -2.57. The molecule has 3 atom stereocenters. The number of thiazole rings is 1. The van der Waals surface area contributed by atoms with Crippen LogP contribution in [0.1, 0.15) is 70.6 Å². The van der Waals surface area contributed by atoms with E-state index in [9.17, 15) is 19.5 Å². The highest BCUT2D eigenvalue weighted by Gasteiger charge is 2.44. The fourth-order valence-electron chi connectivity index (χ4n) is 4.75. The average Bonchev–Trinajstić information content (AvgIpc) is 3.50. The maximum Gasteiger partial charge on any atom is 0.246 e. The van der Waals surface area contributed by atoms with E-state index in [1.165, 1.54) is 4.90 Å². The summed E-state index contributed by atoms with van der Waals surface area (Å²) >= 11 is 5.01. The van der Waals surface area contributed by atoms with Crippen LogP contribution >= 0.6 is 27.3 Å². The Hall–Kier alpha value is -2.30. The molecule has 1 aliphatic heterocycles. The number of aryl methyl sites for hydroxylation is 1. The number of aromatic nitrogens is 1. The number of aliphatic hydroxyl groups excluding tert-OH is 1. The molecule has 0 saturated carbocycles. The van der Waals surface area contributed by atoms with Gasteiger partial charge in [-0.15, -0.1) is 11.3 Å². The van der Waals surface area contributed by atoms with Gasteiger partial charge >= 0.3 is 0 Å². The molecule has 2 heterocycles. The molecule has 3 rings (SSSR count). The van der Waals surface area contributed by atoms with Gasteiger partial charge in [0, 0.05) is 31.3 Å². The van der Waals surface area contributed by atoms with E-state index in [0.717, 1.165) is 52.7 Å². The zero-order valence-electron chi connectivity index (χ0n) is 23.3. The highest BCUT2D eigenvalue weighted by atomic mass is 79.9. The topological polar surface area (TPSA) is 112 Å². The summed E-state index contributed by atoms with van der Waals surface area (Å²) in [6.07, 6.45) is 3.58. The van der Waals surface area contributed by atoms with Crippen molar-refractivity contribution in [3.63, 3.8) is 0 Å². The van der Waals surface area contributed by atoms with Crippen LogP contribution in [0.15, 0.2) is 29.8 Å². The van der Waals surface area contributed by atoms with Crippen molar-refractivity contribution >= 4 is 45.0 Å². The van der Waals surface area contributed by atoms with Crippen LogP contribution in [0, 0.1) is 12.3 Å². The van der Waals surface area contributed by atoms with Crippen molar-refractivity contribution in [2.24, 2.45) is 5.41 Å². The van der Waals surface area contributed by atoms with E-state index in [0.29, 0.717) is 13.0 Å². The molecule has 2 aromatic rings. The van der Waals surface area contributed by atoms with Crippen molar-refractivity contribution in [2.75, 3.05) is 11.9 Å². The van der Waals surface area contributed by atoms with Gasteiger partial charge in [-0.25, -0.2) is 4.98 Å². The van der Waals surface area contributed by atoms with Gasteiger partial charge in [-0.2, -0.15) is 0 Å². The van der Waals surface area contributed by atoms with Crippen LogP contribution in [-0.2, 0) is 20.9 Å². The lowest BCUT2D eigenvalue weighted by Gasteiger charge is -2.35. The molecule has 0 bridgehead atoms. The molecule has 3 amide bonds. The molecule has 8 nitrogen and oxygen atoms in total. The predicted molar refractivity (Wildman–Crippen MR) is 159 cm³/mol. The number of hydrogen-bond donors (Lipinski definition) is 3. The zero-order chi connectivity index (χ0) is 28.6. The SMILES string of the molecule is Cc1ncsc1-c1ccc(CNC(=O)[C@@H]2C[C@@H](O)CN2C(=O)[C@@H](NC(=O)CCCCCCBr)C(C)(C)C)cc1. The molecule has 1 aromatic carbocycles. The van der Waals surface area contributed by atoms with Crippen LogP contribution < -0.4 is 10.6 Å². The Kier molecular flexibility index (Phi) is 11.5. The monoisotopic (exact) mass is 620 g/mol. The third kappa shape index (κ3) is 8.85. The first kappa shape index (κ1) is 31.2. The quantitative estimate of drug-likeness (QED) is 0.238. The summed E-state index contributed by atoms with van der Waals surface area (Å²) in [7, 11) is 0. The molecular weight excluding hydrogens is 580 g/mol. The summed E-state index contributed by atoms with van der Waals surface area (Å²) in [4.78, 5) is 46.4.